The first kappa shape index (κ1) is 16.6. The summed E-state index contributed by atoms with van der Waals surface area (Å²) in [6, 6.07) is 12.1. The van der Waals surface area contributed by atoms with Crippen molar-refractivity contribution in [3.05, 3.63) is 65.7 Å². The molecule has 0 aliphatic carbocycles. The van der Waals surface area contributed by atoms with Gasteiger partial charge in [0, 0.05) is 17.2 Å². The maximum atomic E-state index is 14.0. The third-order valence-corrected chi connectivity index (χ3v) is 4.60. The zero-order valence-electron chi connectivity index (χ0n) is 13.5. The van der Waals surface area contributed by atoms with E-state index in [1.807, 2.05) is 6.92 Å². The van der Waals surface area contributed by atoms with E-state index in [4.69, 9.17) is 0 Å². The standard InChI is InChI=1S/C19H20F2N2O/c1-13(15-10-22-11-15)19(24)23(17-8-6-16(20)7-9-17)12-14-4-2-3-5-18(14)21/h2-9,13,15,22H,10-12H2,1H3. The Morgan fingerprint density at radius 3 is 2.42 bits per heavy atom. The van der Waals surface area contributed by atoms with E-state index in [2.05, 4.69) is 5.32 Å². The Kier molecular flexibility index (Phi) is 4.90. The van der Waals surface area contributed by atoms with Gasteiger partial charge in [-0.15, -0.1) is 0 Å². The van der Waals surface area contributed by atoms with Crippen LogP contribution in [0.5, 0.6) is 0 Å². The highest BCUT2D eigenvalue weighted by atomic mass is 19.1. The van der Waals surface area contributed by atoms with Gasteiger partial charge in [-0.2, -0.15) is 0 Å². The summed E-state index contributed by atoms with van der Waals surface area (Å²) in [5.74, 6) is -0.691. The molecule has 2 aromatic carbocycles. The minimum atomic E-state index is -0.367. The molecule has 3 rings (SSSR count). The van der Waals surface area contributed by atoms with Crippen LogP contribution in [0.3, 0.4) is 0 Å². The number of hydrogen-bond donors (Lipinski definition) is 1. The molecule has 1 aliphatic rings. The third kappa shape index (κ3) is 3.46. The number of anilines is 1. The fourth-order valence-corrected chi connectivity index (χ4v) is 2.83. The quantitative estimate of drug-likeness (QED) is 0.912. The second-order valence-electron chi connectivity index (χ2n) is 6.20. The highest BCUT2D eigenvalue weighted by Crippen LogP contribution is 2.25. The molecule has 1 unspecified atom stereocenters. The highest BCUT2D eigenvalue weighted by molar-refractivity contribution is 5.95. The Balaban J connectivity index is 1.89. The monoisotopic (exact) mass is 330 g/mol. The van der Waals surface area contributed by atoms with Crippen molar-refractivity contribution in [2.45, 2.75) is 13.5 Å². The number of hydrogen-bond acceptors (Lipinski definition) is 2. The molecular weight excluding hydrogens is 310 g/mol. The van der Waals surface area contributed by atoms with Crippen LogP contribution in [-0.2, 0) is 11.3 Å². The van der Waals surface area contributed by atoms with Gasteiger partial charge in [0.15, 0.2) is 0 Å². The van der Waals surface area contributed by atoms with Crippen molar-refractivity contribution in [3.8, 4) is 0 Å². The van der Waals surface area contributed by atoms with Crippen LogP contribution in [0.4, 0.5) is 14.5 Å². The Bertz CT molecular complexity index is 714. The predicted molar refractivity (Wildman–Crippen MR) is 89.5 cm³/mol. The maximum absolute atomic E-state index is 14.0. The Hall–Kier alpha value is -2.27. The molecule has 1 fully saturated rings. The predicted octanol–water partition coefficient (Wildman–Crippen LogP) is 3.35. The second kappa shape index (κ2) is 7.09. The summed E-state index contributed by atoms with van der Waals surface area (Å²) in [5, 5.41) is 3.16. The van der Waals surface area contributed by atoms with E-state index in [1.54, 1.807) is 35.2 Å². The average molecular weight is 330 g/mol. The number of rotatable bonds is 5. The van der Waals surface area contributed by atoms with Crippen LogP contribution in [0.2, 0.25) is 0 Å². The zero-order valence-corrected chi connectivity index (χ0v) is 13.5. The van der Waals surface area contributed by atoms with Crippen molar-refractivity contribution in [1.82, 2.24) is 5.32 Å². The largest absolute Gasteiger partial charge is 0.316 e. The molecule has 0 radical (unpaired) electrons. The molecule has 1 saturated heterocycles. The molecule has 0 aromatic heterocycles. The van der Waals surface area contributed by atoms with Gasteiger partial charge in [-0.25, -0.2) is 8.78 Å². The van der Waals surface area contributed by atoms with Gasteiger partial charge in [0.1, 0.15) is 11.6 Å². The summed E-state index contributed by atoms with van der Waals surface area (Å²) in [6.07, 6.45) is 0. The van der Waals surface area contributed by atoms with Crippen LogP contribution in [0.15, 0.2) is 48.5 Å². The molecule has 1 aliphatic heterocycles. The van der Waals surface area contributed by atoms with Gasteiger partial charge in [0.05, 0.1) is 6.54 Å². The average Bonchev–Trinajstić information content (AvgIpc) is 2.53. The molecular formula is C19H20F2N2O. The second-order valence-corrected chi connectivity index (χ2v) is 6.20. The third-order valence-electron chi connectivity index (χ3n) is 4.60. The summed E-state index contributed by atoms with van der Waals surface area (Å²) in [6.45, 7) is 3.64. The van der Waals surface area contributed by atoms with Crippen LogP contribution < -0.4 is 10.2 Å². The van der Waals surface area contributed by atoms with Crippen molar-refractivity contribution < 1.29 is 13.6 Å². The highest BCUT2D eigenvalue weighted by Gasteiger charge is 2.32. The van der Waals surface area contributed by atoms with Crippen LogP contribution in [0, 0.1) is 23.5 Å². The fourth-order valence-electron chi connectivity index (χ4n) is 2.83. The summed E-state index contributed by atoms with van der Waals surface area (Å²) in [7, 11) is 0. The van der Waals surface area contributed by atoms with Gasteiger partial charge in [0.2, 0.25) is 5.91 Å². The topological polar surface area (TPSA) is 32.3 Å². The van der Waals surface area contributed by atoms with Gasteiger partial charge < -0.3 is 10.2 Å². The van der Waals surface area contributed by atoms with E-state index in [1.165, 1.54) is 18.2 Å². The summed E-state index contributed by atoms with van der Waals surface area (Å²) < 4.78 is 27.2. The Morgan fingerprint density at radius 1 is 1.17 bits per heavy atom. The van der Waals surface area contributed by atoms with Crippen LogP contribution >= 0.6 is 0 Å². The number of amides is 1. The smallest absolute Gasteiger partial charge is 0.230 e. The number of nitrogens with zero attached hydrogens (tertiary/aromatic N) is 1. The fraction of sp³-hybridized carbons (Fsp3) is 0.316. The first-order valence-electron chi connectivity index (χ1n) is 8.07. The number of carbonyl (C=O) groups is 1. The maximum Gasteiger partial charge on any atom is 0.230 e. The van der Waals surface area contributed by atoms with Gasteiger partial charge >= 0.3 is 0 Å². The lowest BCUT2D eigenvalue weighted by Crippen LogP contribution is -2.50. The summed E-state index contributed by atoms with van der Waals surface area (Å²) >= 11 is 0. The summed E-state index contributed by atoms with van der Waals surface area (Å²) in [4.78, 5) is 14.5. The molecule has 1 amide bonds. The van der Waals surface area contributed by atoms with Crippen molar-refractivity contribution in [3.63, 3.8) is 0 Å². The van der Waals surface area contributed by atoms with Crippen molar-refractivity contribution in [2.24, 2.45) is 11.8 Å². The molecule has 24 heavy (non-hydrogen) atoms. The van der Waals surface area contributed by atoms with Crippen molar-refractivity contribution >= 4 is 11.6 Å². The van der Waals surface area contributed by atoms with Crippen LogP contribution in [0.25, 0.3) is 0 Å². The van der Waals surface area contributed by atoms with Crippen molar-refractivity contribution in [1.29, 1.82) is 0 Å². The number of nitrogens with one attached hydrogen (secondary N) is 1. The molecule has 2 aromatic rings. The minimum Gasteiger partial charge on any atom is -0.316 e. The van der Waals surface area contributed by atoms with E-state index in [-0.39, 0.29) is 35.9 Å². The molecule has 1 N–H and O–H groups in total. The Morgan fingerprint density at radius 2 is 1.83 bits per heavy atom. The molecule has 1 heterocycles. The minimum absolute atomic E-state index is 0.0728. The lowest BCUT2D eigenvalue weighted by molar-refractivity contribution is -0.124. The number of halogens is 2. The Labute approximate surface area is 140 Å². The zero-order chi connectivity index (χ0) is 17.1. The van der Waals surface area contributed by atoms with Gasteiger partial charge in [-0.05, 0) is 49.3 Å². The van der Waals surface area contributed by atoms with E-state index >= 15 is 0 Å². The van der Waals surface area contributed by atoms with Gasteiger partial charge in [-0.3, -0.25) is 4.79 Å². The summed E-state index contributed by atoms with van der Waals surface area (Å²) in [5.41, 5.74) is 1.01. The molecule has 126 valence electrons. The van der Waals surface area contributed by atoms with E-state index in [0.717, 1.165) is 13.1 Å². The van der Waals surface area contributed by atoms with Gasteiger partial charge in [-0.1, -0.05) is 25.1 Å². The van der Waals surface area contributed by atoms with Crippen molar-refractivity contribution in [2.75, 3.05) is 18.0 Å². The molecule has 1 atom stereocenters. The molecule has 5 heteroatoms. The molecule has 0 spiro atoms. The van der Waals surface area contributed by atoms with Crippen LogP contribution in [-0.4, -0.2) is 19.0 Å². The molecule has 3 nitrogen and oxygen atoms in total. The lowest BCUT2D eigenvalue weighted by atomic mass is 9.87. The normalized spacial score (nSPS) is 15.6. The van der Waals surface area contributed by atoms with E-state index in [9.17, 15) is 13.6 Å². The van der Waals surface area contributed by atoms with E-state index in [0.29, 0.717) is 11.3 Å². The molecule has 0 saturated carbocycles. The van der Waals surface area contributed by atoms with Gasteiger partial charge in [0.25, 0.3) is 0 Å². The number of benzene rings is 2. The number of carbonyl (C=O) groups excluding carboxylic acids is 1. The first-order chi connectivity index (χ1) is 11.6. The van der Waals surface area contributed by atoms with E-state index < -0.39 is 0 Å². The lowest BCUT2D eigenvalue weighted by Gasteiger charge is -2.35. The SMILES string of the molecule is CC(C(=O)N(Cc1ccccc1F)c1ccc(F)cc1)C1CNC1. The first-order valence-corrected chi connectivity index (χ1v) is 8.07. The van der Waals surface area contributed by atoms with Crippen LogP contribution in [0.1, 0.15) is 12.5 Å². The molecule has 0 bridgehead atoms.